The summed E-state index contributed by atoms with van der Waals surface area (Å²) in [6, 6.07) is 17.6. The second-order valence-corrected chi connectivity index (χ2v) is 9.57. The van der Waals surface area contributed by atoms with Crippen molar-refractivity contribution in [2.24, 2.45) is 10.2 Å². The van der Waals surface area contributed by atoms with Crippen LogP contribution in [0.1, 0.15) is 15.9 Å². The first-order valence-electron chi connectivity index (χ1n) is 10.5. The third-order valence-electron chi connectivity index (χ3n) is 5.37. The van der Waals surface area contributed by atoms with E-state index in [0.717, 1.165) is 6.07 Å². The molecule has 0 aliphatic carbocycles. The fraction of sp³-hybridized carbons (Fsp3) is 0.0800. The zero-order valence-corrected chi connectivity index (χ0v) is 20.6. The number of benzene rings is 4. The number of phenols is 1. The number of aryl methyl sites for hydroxylation is 1. The van der Waals surface area contributed by atoms with Crippen LogP contribution >= 0.6 is 11.6 Å². The molecule has 0 aromatic heterocycles. The lowest BCUT2D eigenvalue weighted by Crippen LogP contribution is -2.13. The Morgan fingerprint density at radius 3 is 2.36 bits per heavy atom. The number of carbonyl (C=O) groups excluding carboxylic acids is 1. The van der Waals surface area contributed by atoms with Crippen LogP contribution in [0.15, 0.2) is 81.9 Å². The zero-order chi connectivity index (χ0) is 26.0. The average Bonchev–Trinajstić information content (AvgIpc) is 2.84. The van der Waals surface area contributed by atoms with Gasteiger partial charge < -0.3 is 15.2 Å². The standard InChI is InChI=1S/C25H20ClN3O6S/c1-14-11-16(36(32,33)34)13-19(26)22(14)28-29-23-17-8-4-3-7-15(17)12-18(24(23)30)25(31)27-20-9-5-6-10-21(20)35-2/h3-13,30H,1-2H3,(H,27,31)(H,32,33,34). The van der Waals surface area contributed by atoms with Gasteiger partial charge in [-0.1, -0.05) is 48.0 Å². The van der Waals surface area contributed by atoms with Gasteiger partial charge in [0.2, 0.25) is 0 Å². The molecule has 0 saturated heterocycles. The number of fused-ring (bicyclic) bond motifs is 1. The number of hydrogen-bond donors (Lipinski definition) is 3. The van der Waals surface area contributed by atoms with E-state index in [1.165, 1.54) is 19.2 Å². The van der Waals surface area contributed by atoms with Gasteiger partial charge in [-0.2, -0.15) is 8.42 Å². The Morgan fingerprint density at radius 2 is 1.67 bits per heavy atom. The number of hydrogen-bond acceptors (Lipinski definition) is 7. The van der Waals surface area contributed by atoms with E-state index in [9.17, 15) is 22.9 Å². The predicted octanol–water partition coefficient (Wildman–Crippen LogP) is 6.43. The highest BCUT2D eigenvalue weighted by atomic mass is 35.5. The number of azo groups is 1. The summed E-state index contributed by atoms with van der Waals surface area (Å²) in [6.45, 7) is 1.55. The number of rotatable bonds is 6. The number of aromatic hydroxyl groups is 1. The first-order valence-corrected chi connectivity index (χ1v) is 12.3. The van der Waals surface area contributed by atoms with E-state index in [1.54, 1.807) is 55.5 Å². The van der Waals surface area contributed by atoms with E-state index in [4.69, 9.17) is 16.3 Å². The Labute approximate surface area is 211 Å². The SMILES string of the molecule is COc1ccccc1NC(=O)c1cc2ccccc2c(N=Nc2c(C)cc(S(=O)(=O)O)cc2Cl)c1O. The van der Waals surface area contributed by atoms with Gasteiger partial charge in [0, 0.05) is 5.39 Å². The first-order chi connectivity index (χ1) is 17.1. The average molecular weight is 526 g/mol. The lowest BCUT2D eigenvalue weighted by molar-refractivity contribution is 0.102. The zero-order valence-electron chi connectivity index (χ0n) is 19.1. The molecule has 9 nitrogen and oxygen atoms in total. The van der Waals surface area contributed by atoms with Gasteiger partial charge in [0.1, 0.15) is 17.1 Å². The third kappa shape index (κ3) is 5.01. The normalized spacial score (nSPS) is 11.7. The summed E-state index contributed by atoms with van der Waals surface area (Å²) in [7, 11) is -2.98. The third-order valence-corrected chi connectivity index (χ3v) is 6.49. The van der Waals surface area contributed by atoms with Crippen LogP contribution in [0.25, 0.3) is 10.8 Å². The van der Waals surface area contributed by atoms with E-state index in [-0.39, 0.29) is 26.9 Å². The molecule has 0 aliphatic rings. The smallest absolute Gasteiger partial charge is 0.294 e. The van der Waals surface area contributed by atoms with Crippen LogP contribution in [0, 0.1) is 6.92 Å². The largest absolute Gasteiger partial charge is 0.505 e. The Morgan fingerprint density at radius 1 is 1.00 bits per heavy atom. The molecule has 1 amide bonds. The Kier molecular flexibility index (Phi) is 6.93. The maximum atomic E-state index is 13.1. The number of para-hydroxylation sites is 2. The van der Waals surface area contributed by atoms with E-state index < -0.39 is 21.8 Å². The van der Waals surface area contributed by atoms with Crippen molar-refractivity contribution in [2.45, 2.75) is 11.8 Å². The fourth-order valence-electron chi connectivity index (χ4n) is 3.61. The number of halogens is 1. The molecular weight excluding hydrogens is 506 g/mol. The van der Waals surface area contributed by atoms with Crippen molar-refractivity contribution in [3.63, 3.8) is 0 Å². The van der Waals surface area contributed by atoms with E-state index in [0.29, 0.717) is 27.8 Å². The number of carbonyl (C=O) groups is 1. The molecule has 0 radical (unpaired) electrons. The molecule has 0 fully saturated rings. The summed E-state index contributed by atoms with van der Waals surface area (Å²) < 4.78 is 37.5. The van der Waals surface area contributed by atoms with Gasteiger partial charge in [-0.25, -0.2) is 0 Å². The molecule has 0 spiro atoms. The van der Waals surface area contributed by atoms with Crippen molar-refractivity contribution in [1.82, 2.24) is 0 Å². The number of nitrogens with zero attached hydrogens (tertiary/aromatic N) is 2. The number of amides is 1. The minimum Gasteiger partial charge on any atom is -0.505 e. The molecule has 0 aliphatic heterocycles. The highest BCUT2D eigenvalue weighted by Crippen LogP contribution is 2.41. The van der Waals surface area contributed by atoms with E-state index in [1.807, 2.05) is 0 Å². The molecule has 0 unspecified atom stereocenters. The highest BCUT2D eigenvalue weighted by Gasteiger charge is 2.20. The number of ether oxygens (including phenoxy) is 1. The van der Waals surface area contributed by atoms with Crippen LogP contribution in [0.3, 0.4) is 0 Å². The van der Waals surface area contributed by atoms with Crippen molar-refractivity contribution in [1.29, 1.82) is 0 Å². The Hall–Kier alpha value is -3.99. The lowest BCUT2D eigenvalue weighted by atomic mass is 10.0. The van der Waals surface area contributed by atoms with Crippen molar-refractivity contribution in [3.8, 4) is 11.5 Å². The molecular formula is C25H20ClN3O6S. The Balaban J connectivity index is 1.80. The molecule has 4 aromatic carbocycles. The summed E-state index contributed by atoms with van der Waals surface area (Å²) in [5.41, 5.74) is 0.858. The second kappa shape index (κ2) is 9.94. The van der Waals surface area contributed by atoms with Crippen LogP contribution in [-0.4, -0.2) is 31.1 Å². The monoisotopic (exact) mass is 525 g/mol. The van der Waals surface area contributed by atoms with Gasteiger partial charge in [0.05, 0.1) is 28.3 Å². The van der Waals surface area contributed by atoms with Gasteiger partial charge in [-0.15, -0.1) is 10.2 Å². The van der Waals surface area contributed by atoms with Gasteiger partial charge in [-0.3, -0.25) is 9.35 Å². The minimum atomic E-state index is -4.46. The predicted molar refractivity (Wildman–Crippen MR) is 137 cm³/mol. The fourth-order valence-corrected chi connectivity index (χ4v) is 4.57. The summed E-state index contributed by atoms with van der Waals surface area (Å²) >= 11 is 6.20. The molecule has 184 valence electrons. The molecule has 4 aromatic rings. The molecule has 11 heteroatoms. The van der Waals surface area contributed by atoms with Crippen LogP contribution in [-0.2, 0) is 10.1 Å². The van der Waals surface area contributed by atoms with Gasteiger partial charge >= 0.3 is 0 Å². The van der Waals surface area contributed by atoms with Gasteiger partial charge in [0.15, 0.2) is 5.75 Å². The maximum absolute atomic E-state index is 13.1. The molecule has 4 rings (SSSR count). The number of phenolic OH excluding ortho intramolecular Hbond substituents is 1. The van der Waals surface area contributed by atoms with Gasteiger partial charge in [0.25, 0.3) is 16.0 Å². The summed E-state index contributed by atoms with van der Waals surface area (Å²) in [5.74, 6) is -0.552. The van der Waals surface area contributed by atoms with Crippen molar-refractivity contribution < 1.29 is 27.6 Å². The Bertz CT molecular complexity index is 1610. The molecule has 0 heterocycles. The molecule has 0 atom stereocenters. The molecule has 0 bridgehead atoms. The van der Waals surface area contributed by atoms with E-state index in [2.05, 4.69) is 15.5 Å². The van der Waals surface area contributed by atoms with E-state index >= 15 is 0 Å². The molecule has 36 heavy (non-hydrogen) atoms. The van der Waals surface area contributed by atoms with Crippen molar-refractivity contribution >= 4 is 55.5 Å². The summed E-state index contributed by atoms with van der Waals surface area (Å²) in [4.78, 5) is 12.7. The highest BCUT2D eigenvalue weighted by molar-refractivity contribution is 7.85. The van der Waals surface area contributed by atoms with Crippen LogP contribution < -0.4 is 10.1 Å². The molecule has 0 saturated carbocycles. The van der Waals surface area contributed by atoms with Crippen LogP contribution in [0.2, 0.25) is 5.02 Å². The quantitative estimate of drug-likeness (QED) is 0.196. The number of nitrogens with one attached hydrogen (secondary N) is 1. The van der Waals surface area contributed by atoms with Crippen LogP contribution in [0.4, 0.5) is 17.1 Å². The van der Waals surface area contributed by atoms with Gasteiger partial charge in [-0.05, 0) is 48.2 Å². The van der Waals surface area contributed by atoms with Crippen LogP contribution in [0.5, 0.6) is 11.5 Å². The minimum absolute atomic E-state index is 0.0209. The van der Waals surface area contributed by atoms with Crippen molar-refractivity contribution in [2.75, 3.05) is 12.4 Å². The maximum Gasteiger partial charge on any atom is 0.294 e. The lowest BCUT2D eigenvalue weighted by Gasteiger charge is -2.13. The molecule has 3 N–H and O–H groups in total. The second-order valence-electron chi connectivity index (χ2n) is 7.74. The number of methoxy groups -OCH3 is 1. The first kappa shape index (κ1) is 25.1. The summed E-state index contributed by atoms with van der Waals surface area (Å²) in [5, 5.41) is 23.1. The van der Waals surface area contributed by atoms with Crippen molar-refractivity contribution in [3.05, 3.63) is 82.9 Å². The topological polar surface area (TPSA) is 138 Å². The number of anilines is 1. The summed E-state index contributed by atoms with van der Waals surface area (Å²) in [6.07, 6.45) is 0.